The van der Waals surface area contributed by atoms with E-state index in [1.54, 1.807) is 12.1 Å². The Morgan fingerprint density at radius 1 is 0.531 bits per heavy atom. The smallest absolute Gasteiger partial charge is 0.115 e. The summed E-state index contributed by atoms with van der Waals surface area (Å²) >= 11 is 0. The molecule has 0 saturated heterocycles. The molecule has 4 aromatic carbocycles. The van der Waals surface area contributed by atoms with E-state index >= 15 is 0 Å². The Morgan fingerprint density at radius 2 is 0.906 bits per heavy atom. The van der Waals surface area contributed by atoms with Crippen LogP contribution in [0.25, 0.3) is 0 Å². The predicted octanol–water partition coefficient (Wildman–Crippen LogP) is 6.69. The summed E-state index contributed by atoms with van der Waals surface area (Å²) in [7, 11) is -0.676. The van der Waals surface area contributed by atoms with Crippen molar-refractivity contribution in [2.75, 3.05) is 0 Å². The second-order valence-corrected chi connectivity index (χ2v) is 10.6. The van der Waals surface area contributed by atoms with Crippen LogP contribution in [-0.2, 0) is 0 Å². The van der Waals surface area contributed by atoms with Gasteiger partial charge in [0.2, 0.25) is 0 Å². The Morgan fingerprint density at radius 3 is 1.28 bits per heavy atom. The van der Waals surface area contributed by atoms with Gasteiger partial charge in [0.25, 0.3) is 0 Å². The van der Waals surface area contributed by atoms with Crippen LogP contribution in [-0.4, -0.2) is 5.11 Å². The van der Waals surface area contributed by atoms with E-state index in [9.17, 15) is 5.11 Å². The molecule has 0 aliphatic rings. The summed E-state index contributed by atoms with van der Waals surface area (Å²) in [6.45, 7) is 13.2. The van der Waals surface area contributed by atoms with E-state index in [0.29, 0.717) is 5.75 Å². The van der Waals surface area contributed by atoms with Crippen LogP contribution in [0.3, 0.4) is 0 Å². The van der Waals surface area contributed by atoms with Crippen molar-refractivity contribution in [3.05, 3.63) is 118 Å². The lowest BCUT2D eigenvalue weighted by molar-refractivity contribution is 0.475. The molecule has 0 aliphatic carbocycles. The molecule has 0 aromatic heterocycles. The Hall–Kier alpha value is -2.89. The molecule has 4 rings (SSSR count). The van der Waals surface area contributed by atoms with Crippen molar-refractivity contribution < 1.29 is 5.11 Å². The van der Waals surface area contributed by atoms with Crippen LogP contribution in [0.1, 0.15) is 33.4 Å². The van der Waals surface area contributed by atoms with Gasteiger partial charge in [-0.2, -0.15) is 0 Å². The zero-order valence-corrected chi connectivity index (χ0v) is 20.9. The molecule has 0 radical (unpaired) electrons. The van der Waals surface area contributed by atoms with Gasteiger partial charge in [-0.15, -0.1) is 0 Å². The zero-order chi connectivity index (χ0) is 23.3. The number of aryl methyl sites for hydroxylation is 4. The standard InChI is InChI=1S/C24H27OP.C6H6/c1-15-11-17(3)19(5)23(13-15)26(22-9-7-21(25)8-10-22)24-14-16(2)12-18(4)20(24)6;1-2-4-6-5-3-1/h7-14,25H,1-6H3;1-6H. The van der Waals surface area contributed by atoms with E-state index in [-0.39, 0.29) is 0 Å². The molecule has 0 bridgehead atoms. The molecular formula is C30H33OP. The van der Waals surface area contributed by atoms with Crippen molar-refractivity contribution >= 4 is 23.8 Å². The van der Waals surface area contributed by atoms with Crippen LogP contribution in [0.15, 0.2) is 84.9 Å². The summed E-state index contributed by atoms with van der Waals surface area (Å²) in [6, 6.07) is 29.0. The first kappa shape index (κ1) is 23.8. The third-order valence-corrected chi connectivity index (χ3v) is 8.53. The molecule has 0 atom stereocenters. The second-order valence-electron chi connectivity index (χ2n) is 8.46. The van der Waals surface area contributed by atoms with Crippen molar-refractivity contribution in [1.82, 2.24) is 0 Å². The summed E-state index contributed by atoms with van der Waals surface area (Å²) in [6.07, 6.45) is 0. The third-order valence-electron chi connectivity index (χ3n) is 5.82. The lowest BCUT2D eigenvalue weighted by Crippen LogP contribution is -2.25. The van der Waals surface area contributed by atoms with Gasteiger partial charge in [0.1, 0.15) is 5.75 Å². The first-order valence-corrected chi connectivity index (χ1v) is 12.4. The first-order chi connectivity index (χ1) is 15.3. The molecule has 1 nitrogen and oxygen atoms in total. The average molecular weight is 441 g/mol. The van der Waals surface area contributed by atoms with Crippen LogP contribution in [0.5, 0.6) is 5.75 Å². The molecule has 0 heterocycles. The molecular weight excluding hydrogens is 407 g/mol. The molecule has 0 fully saturated rings. The number of hydrogen-bond acceptors (Lipinski definition) is 1. The molecule has 164 valence electrons. The summed E-state index contributed by atoms with van der Waals surface area (Å²) in [5, 5.41) is 13.9. The molecule has 0 unspecified atom stereocenters. The molecule has 1 N–H and O–H groups in total. The molecule has 32 heavy (non-hydrogen) atoms. The van der Waals surface area contributed by atoms with E-state index in [2.05, 4.69) is 77.9 Å². The molecule has 0 amide bonds. The van der Waals surface area contributed by atoms with E-state index < -0.39 is 7.92 Å². The predicted molar refractivity (Wildman–Crippen MR) is 142 cm³/mol. The van der Waals surface area contributed by atoms with E-state index in [1.165, 1.54) is 49.3 Å². The van der Waals surface area contributed by atoms with Gasteiger partial charge >= 0.3 is 0 Å². The Bertz CT molecular complexity index is 1090. The largest absolute Gasteiger partial charge is 0.508 e. The maximum absolute atomic E-state index is 9.77. The van der Waals surface area contributed by atoms with Crippen molar-refractivity contribution in [3.63, 3.8) is 0 Å². The minimum absolute atomic E-state index is 0.318. The van der Waals surface area contributed by atoms with Gasteiger partial charge in [0.05, 0.1) is 0 Å². The molecule has 4 aromatic rings. The quantitative estimate of drug-likeness (QED) is 0.352. The summed E-state index contributed by atoms with van der Waals surface area (Å²) in [4.78, 5) is 0. The number of hydrogen-bond donors (Lipinski definition) is 1. The maximum atomic E-state index is 9.77. The van der Waals surface area contributed by atoms with Gasteiger partial charge < -0.3 is 5.11 Å². The molecule has 0 aliphatic heterocycles. The van der Waals surface area contributed by atoms with E-state index in [4.69, 9.17) is 0 Å². The van der Waals surface area contributed by atoms with Crippen LogP contribution >= 0.6 is 7.92 Å². The number of benzene rings is 4. The highest BCUT2D eigenvalue weighted by Crippen LogP contribution is 2.37. The van der Waals surface area contributed by atoms with Crippen molar-refractivity contribution in [1.29, 1.82) is 0 Å². The first-order valence-electron chi connectivity index (χ1n) is 11.0. The summed E-state index contributed by atoms with van der Waals surface area (Å²) < 4.78 is 0. The fourth-order valence-corrected chi connectivity index (χ4v) is 6.85. The van der Waals surface area contributed by atoms with E-state index in [0.717, 1.165) is 0 Å². The Balaban J connectivity index is 0.000000416. The normalized spacial score (nSPS) is 10.6. The van der Waals surface area contributed by atoms with Crippen LogP contribution in [0.4, 0.5) is 0 Å². The zero-order valence-electron chi connectivity index (χ0n) is 20.0. The average Bonchev–Trinajstić information content (AvgIpc) is 2.78. The van der Waals surface area contributed by atoms with Crippen LogP contribution in [0.2, 0.25) is 0 Å². The van der Waals surface area contributed by atoms with Gasteiger partial charge in [0.15, 0.2) is 0 Å². The van der Waals surface area contributed by atoms with Gasteiger partial charge in [-0.05, 0) is 99.8 Å². The molecule has 0 saturated carbocycles. The summed E-state index contributed by atoms with van der Waals surface area (Å²) in [5.74, 6) is 0.318. The highest BCUT2D eigenvalue weighted by Gasteiger charge is 2.22. The van der Waals surface area contributed by atoms with Crippen molar-refractivity contribution in [3.8, 4) is 5.75 Å². The van der Waals surface area contributed by atoms with E-state index in [1.807, 2.05) is 36.4 Å². The minimum atomic E-state index is -0.676. The Kier molecular flexibility index (Phi) is 7.89. The topological polar surface area (TPSA) is 20.2 Å². The third kappa shape index (κ3) is 5.67. The summed E-state index contributed by atoms with van der Waals surface area (Å²) in [5.41, 5.74) is 8.02. The number of rotatable bonds is 3. The van der Waals surface area contributed by atoms with Gasteiger partial charge in [-0.3, -0.25) is 0 Å². The number of aromatic hydroxyl groups is 1. The van der Waals surface area contributed by atoms with Crippen molar-refractivity contribution in [2.24, 2.45) is 0 Å². The molecule has 2 heteroatoms. The SMILES string of the molecule is Cc1cc(C)c(C)c(P(c2ccc(O)cc2)c2cc(C)cc(C)c2C)c1.c1ccccc1. The minimum Gasteiger partial charge on any atom is -0.508 e. The van der Waals surface area contributed by atoms with Gasteiger partial charge in [0, 0.05) is 0 Å². The second kappa shape index (κ2) is 10.6. The number of phenolic OH excluding ortho intramolecular Hbond substituents is 1. The van der Waals surface area contributed by atoms with Crippen molar-refractivity contribution in [2.45, 2.75) is 41.5 Å². The fraction of sp³-hybridized carbons (Fsp3) is 0.200. The number of phenols is 1. The maximum Gasteiger partial charge on any atom is 0.115 e. The van der Waals surface area contributed by atoms with Crippen LogP contribution in [0, 0.1) is 41.5 Å². The van der Waals surface area contributed by atoms with Gasteiger partial charge in [-0.25, -0.2) is 0 Å². The lowest BCUT2D eigenvalue weighted by Gasteiger charge is -2.25. The van der Waals surface area contributed by atoms with Gasteiger partial charge in [-0.1, -0.05) is 83.9 Å². The highest BCUT2D eigenvalue weighted by molar-refractivity contribution is 7.80. The molecule has 0 spiro atoms. The highest BCUT2D eigenvalue weighted by atomic mass is 31.1. The fourth-order valence-electron chi connectivity index (χ4n) is 3.89. The van der Waals surface area contributed by atoms with Crippen LogP contribution < -0.4 is 15.9 Å². The lowest BCUT2D eigenvalue weighted by atomic mass is 10.1. The monoisotopic (exact) mass is 440 g/mol. The Labute approximate surface area is 194 Å².